The molecule has 1 amide bonds. The predicted molar refractivity (Wildman–Crippen MR) is 73.1 cm³/mol. The number of carbonyl (C=O) groups excluding carboxylic acids is 1. The molecule has 2 rings (SSSR count). The van der Waals surface area contributed by atoms with E-state index in [1.165, 1.54) is 30.4 Å². The Morgan fingerprint density at radius 2 is 2.05 bits per heavy atom. The fourth-order valence-electron chi connectivity index (χ4n) is 2.76. The number of aliphatic hydroxyl groups is 1. The van der Waals surface area contributed by atoms with E-state index < -0.39 is 23.4 Å². The molecule has 1 aliphatic rings. The van der Waals surface area contributed by atoms with Crippen LogP contribution in [0.15, 0.2) is 6.20 Å². The second-order valence-electron chi connectivity index (χ2n) is 6.24. The molecular formula is C14H20F3N3O2. The van der Waals surface area contributed by atoms with Crippen LogP contribution in [-0.2, 0) is 18.0 Å². The molecule has 0 spiro atoms. The lowest BCUT2D eigenvalue weighted by Gasteiger charge is -2.35. The zero-order valence-corrected chi connectivity index (χ0v) is 12.8. The molecule has 1 N–H and O–H groups in total. The molecule has 1 aliphatic heterocycles. The molecule has 8 heteroatoms. The molecule has 1 saturated heterocycles. The zero-order chi connectivity index (χ0) is 16.7. The average molecular weight is 319 g/mol. The largest absolute Gasteiger partial charge is 0.434 e. The molecule has 1 fully saturated rings. The minimum Gasteiger partial charge on any atom is -0.381 e. The van der Waals surface area contributed by atoms with Crippen LogP contribution in [0, 0.1) is 0 Å². The van der Waals surface area contributed by atoms with Gasteiger partial charge in [-0.1, -0.05) is 0 Å². The molecule has 0 radical (unpaired) electrons. The summed E-state index contributed by atoms with van der Waals surface area (Å²) < 4.78 is 39.6. The lowest BCUT2D eigenvalue weighted by Crippen LogP contribution is -2.49. The SMILES string of the molecule is Cn1cc(C(F)(F)F)nc1[C@@H]1CCCN(C(=O)C(C)(C)O)C1. The zero-order valence-electron chi connectivity index (χ0n) is 12.8. The second-order valence-corrected chi connectivity index (χ2v) is 6.24. The van der Waals surface area contributed by atoms with Gasteiger partial charge in [0, 0.05) is 32.3 Å². The summed E-state index contributed by atoms with van der Waals surface area (Å²) in [4.78, 5) is 17.3. The summed E-state index contributed by atoms with van der Waals surface area (Å²) in [5, 5.41) is 9.80. The summed E-state index contributed by atoms with van der Waals surface area (Å²) >= 11 is 0. The number of halogens is 3. The average Bonchev–Trinajstić information content (AvgIpc) is 2.79. The van der Waals surface area contributed by atoms with Crippen molar-refractivity contribution in [3.05, 3.63) is 17.7 Å². The van der Waals surface area contributed by atoms with Gasteiger partial charge in [0.05, 0.1) is 0 Å². The molecule has 124 valence electrons. The number of hydrogen-bond donors (Lipinski definition) is 1. The maximum atomic E-state index is 12.7. The minimum absolute atomic E-state index is 0.263. The van der Waals surface area contributed by atoms with Gasteiger partial charge < -0.3 is 14.6 Å². The van der Waals surface area contributed by atoms with Crippen LogP contribution < -0.4 is 0 Å². The molecule has 0 aliphatic carbocycles. The van der Waals surface area contributed by atoms with Crippen LogP contribution in [0.2, 0.25) is 0 Å². The second kappa shape index (κ2) is 5.57. The van der Waals surface area contributed by atoms with Crippen LogP contribution in [0.3, 0.4) is 0 Å². The monoisotopic (exact) mass is 319 g/mol. The van der Waals surface area contributed by atoms with Crippen LogP contribution in [0.4, 0.5) is 13.2 Å². The van der Waals surface area contributed by atoms with Crippen molar-refractivity contribution in [2.45, 2.75) is 44.4 Å². The van der Waals surface area contributed by atoms with Crippen LogP contribution >= 0.6 is 0 Å². The summed E-state index contributed by atoms with van der Waals surface area (Å²) in [6.07, 6.45) is -2.18. The lowest BCUT2D eigenvalue weighted by atomic mass is 9.95. The number of nitrogens with zero attached hydrogens (tertiary/aromatic N) is 3. The van der Waals surface area contributed by atoms with Gasteiger partial charge in [0.25, 0.3) is 5.91 Å². The highest BCUT2D eigenvalue weighted by Crippen LogP contribution is 2.32. The third-order valence-corrected chi connectivity index (χ3v) is 3.80. The van der Waals surface area contributed by atoms with Crippen molar-refractivity contribution >= 4 is 5.91 Å². The Morgan fingerprint density at radius 3 is 2.55 bits per heavy atom. The van der Waals surface area contributed by atoms with E-state index in [0.717, 1.165) is 6.20 Å². The summed E-state index contributed by atoms with van der Waals surface area (Å²) in [6, 6.07) is 0. The Balaban J connectivity index is 2.20. The van der Waals surface area contributed by atoms with E-state index in [9.17, 15) is 23.1 Å². The van der Waals surface area contributed by atoms with Gasteiger partial charge in [-0.2, -0.15) is 13.2 Å². The van der Waals surface area contributed by atoms with Gasteiger partial charge in [-0.15, -0.1) is 0 Å². The van der Waals surface area contributed by atoms with Crippen molar-refractivity contribution in [2.75, 3.05) is 13.1 Å². The minimum atomic E-state index is -4.48. The smallest absolute Gasteiger partial charge is 0.381 e. The van der Waals surface area contributed by atoms with Crippen molar-refractivity contribution in [1.29, 1.82) is 0 Å². The number of carbonyl (C=O) groups is 1. The van der Waals surface area contributed by atoms with E-state index in [1.54, 1.807) is 0 Å². The van der Waals surface area contributed by atoms with Crippen LogP contribution in [-0.4, -0.2) is 44.2 Å². The van der Waals surface area contributed by atoms with Gasteiger partial charge >= 0.3 is 6.18 Å². The number of hydrogen-bond acceptors (Lipinski definition) is 3. The summed E-state index contributed by atoms with van der Waals surface area (Å²) in [5.41, 5.74) is -2.41. The number of imidazole rings is 1. The molecule has 5 nitrogen and oxygen atoms in total. The first-order chi connectivity index (χ1) is 10.00. The highest BCUT2D eigenvalue weighted by Gasteiger charge is 2.37. The molecule has 1 aromatic heterocycles. The molecule has 0 aromatic carbocycles. The quantitative estimate of drug-likeness (QED) is 0.906. The van der Waals surface area contributed by atoms with E-state index in [0.29, 0.717) is 25.2 Å². The Kier molecular flexibility index (Phi) is 4.25. The van der Waals surface area contributed by atoms with Crippen LogP contribution in [0.25, 0.3) is 0 Å². The standard InChI is InChI=1S/C14H20F3N3O2/c1-13(2,22)12(21)20-6-4-5-9(7-20)11-18-10(8-19(11)3)14(15,16)17/h8-9,22H,4-7H2,1-3H3/t9-/m1/s1. The van der Waals surface area contributed by atoms with E-state index in [2.05, 4.69) is 4.98 Å². The first-order valence-corrected chi connectivity index (χ1v) is 7.12. The number of aromatic nitrogens is 2. The molecular weight excluding hydrogens is 299 g/mol. The van der Waals surface area contributed by atoms with Crippen molar-refractivity contribution in [2.24, 2.45) is 7.05 Å². The lowest BCUT2D eigenvalue weighted by molar-refractivity contribution is -0.149. The molecule has 2 heterocycles. The van der Waals surface area contributed by atoms with Crippen LogP contribution in [0.5, 0.6) is 0 Å². The van der Waals surface area contributed by atoms with E-state index >= 15 is 0 Å². The van der Waals surface area contributed by atoms with Gasteiger partial charge in [-0.05, 0) is 26.7 Å². The number of amides is 1. The number of rotatable bonds is 2. The first kappa shape index (κ1) is 16.8. The van der Waals surface area contributed by atoms with Gasteiger partial charge in [-0.25, -0.2) is 4.98 Å². The van der Waals surface area contributed by atoms with E-state index in [-0.39, 0.29) is 12.5 Å². The summed E-state index contributed by atoms with van der Waals surface area (Å²) in [6.45, 7) is 3.57. The van der Waals surface area contributed by atoms with Crippen LogP contribution in [0.1, 0.15) is 44.1 Å². The topological polar surface area (TPSA) is 58.4 Å². The molecule has 1 atom stereocenters. The highest BCUT2D eigenvalue weighted by atomic mass is 19.4. The Bertz CT molecular complexity index is 561. The summed E-state index contributed by atoms with van der Waals surface area (Å²) in [5.74, 6) is -0.357. The molecule has 0 bridgehead atoms. The molecule has 1 aromatic rings. The van der Waals surface area contributed by atoms with Crippen molar-refractivity contribution < 1.29 is 23.1 Å². The maximum Gasteiger partial charge on any atom is 0.434 e. The van der Waals surface area contributed by atoms with Crippen molar-refractivity contribution in [1.82, 2.24) is 14.5 Å². The fraction of sp³-hybridized carbons (Fsp3) is 0.714. The third-order valence-electron chi connectivity index (χ3n) is 3.80. The Hall–Kier alpha value is -1.57. The van der Waals surface area contributed by atoms with E-state index in [4.69, 9.17) is 0 Å². The van der Waals surface area contributed by atoms with Gasteiger partial charge in [0.1, 0.15) is 11.4 Å². The maximum absolute atomic E-state index is 12.7. The van der Waals surface area contributed by atoms with Crippen molar-refractivity contribution in [3.63, 3.8) is 0 Å². The fourth-order valence-corrected chi connectivity index (χ4v) is 2.76. The van der Waals surface area contributed by atoms with Gasteiger partial charge in [-0.3, -0.25) is 4.79 Å². The highest BCUT2D eigenvalue weighted by molar-refractivity contribution is 5.84. The number of aryl methyl sites for hydroxylation is 1. The van der Waals surface area contributed by atoms with Gasteiger partial charge in [0.2, 0.25) is 0 Å². The number of alkyl halides is 3. The molecule has 0 saturated carbocycles. The summed E-state index contributed by atoms with van der Waals surface area (Å²) in [7, 11) is 1.52. The molecule has 22 heavy (non-hydrogen) atoms. The van der Waals surface area contributed by atoms with E-state index in [1.807, 2.05) is 0 Å². The first-order valence-electron chi connectivity index (χ1n) is 7.12. The number of piperidine rings is 1. The van der Waals surface area contributed by atoms with Crippen molar-refractivity contribution in [3.8, 4) is 0 Å². The van der Waals surface area contributed by atoms with Gasteiger partial charge in [0.15, 0.2) is 5.69 Å². The normalized spacial score (nSPS) is 20.3. The molecule has 0 unspecified atom stereocenters. The predicted octanol–water partition coefficient (Wildman–Crippen LogP) is 1.92. The Labute approximate surface area is 126 Å². The third kappa shape index (κ3) is 3.43. The Morgan fingerprint density at radius 1 is 1.41 bits per heavy atom. The number of likely N-dealkylation sites (tertiary alicyclic amines) is 1.